The van der Waals surface area contributed by atoms with Gasteiger partial charge < -0.3 is 4.42 Å². The van der Waals surface area contributed by atoms with Crippen molar-refractivity contribution in [1.82, 2.24) is 15.0 Å². The molecule has 0 atom stereocenters. The minimum Gasteiger partial charge on any atom is -0.456 e. The van der Waals surface area contributed by atoms with Gasteiger partial charge in [-0.3, -0.25) is 0 Å². The Kier molecular flexibility index (Phi) is 5.78. The molecule has 9 rings (SSSR count). The second-order valence-corrected chi connectivity index (χ2v) is 11.3. The van der Waals surface area contributed by atoms with E-state index in [1.807, 2.05) is 18.2 Å². The number of nitrogens with zero attached hydrogens (tertiary/aromatic N) is 3. The lowest BCUT2D eigenvalue weighted by atomic mass is 10.0. The predicted octanol–water partition coefficient (Wildman–Crippen LogP) is 10.7. The van der Waals surface area contributed by atoms with E-state index in [-0.39, 0.29) is 0 Å². The first-order chi connectivity index (χ1) is 22.2. The van der Waals surface area contributed by atoms with E-state index >= 15 is 0 Å². The first-order valence-corrected chi connectivity index (χ1v) is 15.0. The Morgan fingerprint density at radius 2 is 0.778 bits per heavy atom. The van der Waals surface area contributed by atoms with Crippen LogP contribution in [0.1, 0.15) is 0 Å². The normalized spacial score (nSPS) is 11.6. The maximum Gasteiger partial charge on any atom is 0.164 e. The summed E-state index contributed by atoms with van der Waals surface area (Å²) in [4.78, 5) is 15.0. The third-order valence-corrected chi connectivity index (χ3v) is 8.51. The first kappa shape index (κ1) is 25.4. The van der Waals surface area contributed by atoms with Gasteiger partial charge in [-0.1, -0.05) is 121 Å². The van der Waals surface area contributed by atoms with Crippen LogP contribution in [0.5, 0.6) is 0 Å². The van der Waals surface area contributed by atoms with Gasteiger partial charge in [0.1, 0.15) is 11.2 Å². The SMILES string of the molecule is c1ccc2cc(-c3nc(-c4ccc(-c5ccc6c(c5)oc5ccccc56)cc4)nc(-c4ccc5ccccc5c4)n3)ccc2c1. The van der Waals surface area contributed by atoms with Gasteiger partial charge in [-0.2, -0.15) is 0 Å². The van der Waals surface area contributed by atoms with E-state index in [4.69, 9.17) is 19.4 Å². The molecule has 0 saturated carbocycles. The van der Waals surface area contributed by atoms with E-state index in [0.717, 1.165) is 60.5 Å². The molecule has 0 fully saturated rings. The quantitative estimate of drug-likeness (QED) is 0.209. The number of hydrogen-bond donors (Lipinski definition) is 0. The van der Waals surface area contributed by atoms with Gasteiger partial charge in [0.05, 0.1) is 0 Å². The van der Waals surface area contributed by atoms with Crippen LogP contribution in [0, 0.1) is 0 Å². The van der Waals surface area contributed by atoms with Gasteiger partial charge in [-0.05, 0) is 63.0 Å². The van der Waals surface area contributed by atoms with Crippen LogP contribution in [0.15, 0.2) is 156 Å². The van der Waals surface area contributed by atoms with E-state index in [1.165, 1.54) is 10.8 Å². The average molecular weight is 576 g/mol. The molecule has 0 unspecified atom stereocenters. The zero-order chi connectivity index (χ0) is 29.7. The molecule has 45 heavy (non-hydrogen) atoms. The minimum absolute atomic E-state index is 0.635. The van der Waals surface area contributed by atoms with E-state index in [0.29, 0.717) is 17.5 Å². The van der Waals surface area contributed by atoms with Crippen LogP contribution in [0.25, 0.3) is 88.8 Å². The Balaban J connectivity index is 1.15. The Hall–Kier alpha value is -6.13. The number of para-hydroxylation sites is 1. The van der Waals surface area contributed by atoms with Gasteiger partial charge >= 0.3 is 0 Å². The van der Waals surface area contributed by atoms with Crippen LogP contribution in [-0.4, -0.2) is 15.0 Å². The number of rotatable bonds is 4. The van der Waals surface area contributed by atoms with E-state index in [1.54, 1.807) is 0 Å². The maximum atomic E-state index is 6.14. The summed E-state index contributed by atoms with van der Waals surface area (Å²) in [5.74, 6) is 1.93. The standard InChI is InChI=1S/C41H25N3O/c1-3-9-30-23-33(19-15-26(30)7-1)40-42-39(43-41(44-40)34-20-16-27-8-2-4-10-31(27)24-34)29-17-13-28(14-18-29)32-21-22-36-35-11-5-6-12-37(35)45-38(36)25-32/h1-25H. The van der Waals surface area contributed by atoms with Crippen molar-refractivity contribution < 1.29 is 4.42 Å². The van der Waals surface area contributed by atoms with Crippen molar-refractivity contribution in [3.8, 4) is 45.3 Å². The molecule has 9 aromatic rings. The van der Waals surface area contributed by atoms with Gasteiger partial charge in [0.25, 0.3) is 0 Å². The summed E-state index contributed by atoms with van der Waals surface area (Å²) in [5, 5.41) is 6.92. The van der Waals surface area contributed by atoms with Crippen molar-refractivity contribution in [3.05, 3.63) is 152 Å². The molecule has 7 aromatic carbocycles. The lowest BCUT2D eigenvalue weighted by Gasteiger charge is -2.10. The van der Waals surface area contributed by atoms with Crippen LogP contribution in [0.2, 0.25) is 0 Å². The van der Waals surface area contributed by atoms with Crippen molar-refractivity contribution >= 4 is 43.5 Å². The number of aromatic nitrogens is 3. The molecule has 0 radical (unpaired) electrons. The smallest absolute Gasteiger partial charge is 0.164 e. The second kappa shape index (κ2) is 10.2. The molecule has 0 amide bonds. The molecule has 2 aromatic heterocycles. The Labute approximate surface area is 259 Å². The van der Waals surface area contributed by atoms with E-state index in [9.17, 15) is 0 Å². The number of fused-ring (bicyclic) bond motifs is 5. The molecule has 0 bridgehead atoms. The summed E-state index contributed by atoms with van der Waals surface area (Å²) in [6, 6.07) is 52.4. The van der Waals surface area contributed by atoms with Crippen molar-refractivity contribution in [2.75, 3.05) is 0 Å². The minimum atomic E-state index is 0.635. The second-order valence-electron chi connectivity index (χ2n) is 11.3. The van der Waals surface area contributed by atoms with Crippen LogP contribution < -0.4 is 0 Å². The highest BCUT2D eigenvalue weighted by atomic mass is 16.3. The highest BCUT2D eigenvalue weighted by molar-refractivity contribution is 6.05. The third kappa shape index (κ3) is 4.52. The molecule has 0 aliphatic carbocycles. The highest BCUT2D eigenvalue weighted by Gasteiger charge is 2.14. The predicted molar refractivity (Wildman–Crippen MR) is 184 cm³/mol. The number of furan rings is 1. The third-order valence-electron chi connectivity index (χ3n) is 8.51. The van der Waals surface area contributed by atoms with Crippen LogP contribution in [-0.2, 0) is 0 Å². The average Bonchev–Trinajstić information content (AvgIpc) is 3.49. The van der Waals surface area contributed by atoms with Gasteiger partial charge in [0.2, 0.25) is 0 Å². The fourth-order valence-corrected chi connectivity index (χ4v) is 6.14. The van der Waals surface area contributed by atoms with Crippen LogP contribution in [0.3, 0.4) is 0 Å². The molecular formula is C41H25N3O. The van der Waals surface area contributed by atoms with Gasteiger partial charge in [0.15, 0.2) is 17.5 Å². The molecule has 0 aliphatic heterocycles. The summed E-state index contributed by atoms with van der Waals surface area (Å²) in [6.45, 7) is 0. The van der Waals surface area contributed by atoms with Crippen molar-refractivity contribution in [2.45, 2.75) is 0 Å². The fourth-order valence-electron chi connectivity index (χ4n) is 6.14. The van der Waals surface area contributed by atoms with E-state index in [2.05, 4.69) is 133 Å². The Bertz CT molecular complexity index is 2450. The summed E-state index contributed by atoms with van der Waals surface area (Å²) in [6.07, 6.45) is 0. The largest absolute Gasteiger partial charge is 0.456 e. The van der Waals surface area contributed by atoms with Crippen LogP contribution >= 0.6 is 0 Å². The molecule has 4 heteroatoms. The highest BCUT2D eigenvalue weighted by Crippen LogP contribution is 2.33. The Morgan fingerprint density at radius 3 is 1.42 bits per heavy atom. The Morgan fingerprint density at radius 1 is 0.311 bits per heavy atom. The van der Waals surface area contributed by atoms with Gasteiger partial charge in [0, 0.05) is 27.5 Å². The lowest BCUT2D eigenvalue weighted by molar-refractivity contribution is 0.669. The molecular weight excluding hydrogens is 550 g/mol. The van der Waals surface area contributed by atoms with Crippen molar-refractivity contribution in [3.63, 3.8) is 0 Å². The molecule has 210 valence electrons. The number of benzene rings is 7. The summed E-state index contributed by atoms with van der Waals surface area (Å²) in [7, 11) is 0. The van der Waals surface area contributed by atoms with Crippen molar-refractivity contribution in [2.24, 2.45) is 0 Å². The fraction of sp³-hybridized carbons (Fsp3) is 0. The zero-order valence-corrected chi connectivity index (χ0v) is 24.2. The summed E-state index contributed by atoms with van der Waals surface area (Å²) in [5.41, 5.74) is 6.81. The molecule has 0 N–H and O–H groups in total. The monoisotopic (exact) mass is 575 g/mol. The topological polar surface area (TPSA) is 51.8 Å². The zero-order valence-electron chi connectivity index (χ0n) is 24.2. The first-order valence-electron chi connectivity index (χ1n) is 15.0. The molecule has 0 saturated heterocycles. The van der Waals surface area contributed by atoms with Crippen LogP contribution in [0.4, 0.5) is 0 Å². The van der Waals surface area contributed by atoms with E-state index < -0.39 is 0 Å². The lowest BCUT2D eigenvalue weighted by Crippen LogP contribution is -2.00. The maximum absolute atomic E-state index is 6.14. The van der Waals surface area contributed by atoms with Gasteiger partial charge in [-0.15, -0.1) is 0 Å². The van der Waals surface area contributed by atoms with Crippen molar-refractivity contribution in [1.29, 1.82) is 0 Å². The summed E-state index contributed by atoms with van der Waals surface area (Å²) >= 11 is 0. The molecule has 4 nitrogen and oxygen atoms in total. The summed E-state index contributed by atoms with van der Waals surface area (Å²) < 4.78 is 6.14. The molecule has 0 aliphatic rings. The van der Waals surface area contributed by atoms with Gasteiger partial charge in [-0.25, -0.2) is 15.0 Å². The number of hydrogen-bond acceptors (Lipinski definition) is 4. The molecule has 2 heterocycles. The molecule has 0 spiro atoms.